The normalized spacial score (nSPS) is 11.2. The molecule has 0 N–H and O–H groups in total. The number of unbranched alkanes of at least 4 members (excludes halogenated alkanes) is 12. The van der Waals surface area contributed by atoms with Gasteiger partial charge in [-0.25, -0.2) is 0 Å². The van der Waals surface area contributed by atoms with E-state index in [9.17, 15) is 4.79 Å². The molecule has 158 valence electrons. The predicted octanol–water partition coefficient (Wildman–Crippen LogP) is 7.55. The molecule has 0 spiro atoms. The SMILES string of the molecule is CCCCCCCC/C=C\CCCCCCCCC(=O)OCc1cccnc1. The van der Waals surface area contributed by atoms with Crippen LogP contribution in [0.3, 0.4) is 0 Å². The van der Waals surface area contributed by atoms with Crippen molar-refractivity contribution in [2.75, 3.05) is 0 Å². The first-order valence-electron chi connectivity index (χ1n) is 11.5. The zero-order chi connectivity index (χ0) is 20.1. The van der Waals surface area contributed by atoms with Gasteiger partial charge in [0.25, 0.3) is 0 Å². The number of allylic oxidation sites excluding steroid dienone is 2. The summed E-state index contributed by atoms with van der Waals surface area (Å²) in [5.74, 6) is -0.0978. The molecule has 0 bridgehead atoms. The van der Waals surface area contributed by atoms with Crippen LogP contribution >= 0.6 is 0 Å². The van der Waals surface area contributed by atoms with Crippen molar-refractivity contribution in [3.05, 3.63) is 42.2 Å². The number of carbonyl (C=O) groups excluding carboxylic acids is 1. The Morgan fingerprint density at radius 2 is 1.50 bits per heavy atom. The van der Waals surface area contributed by atoms with Gasteiger partial charge in [-0.3, -0.25) is 9.78 Å². The van der Waals surface area contributed by atoms with Gasteiger partial charge in [0.05, 0.1) is 0 Å². The fourth-order valence-electron chi connectivity index (χ4n) is 3.24. The quantitative estimate of drug-likeness (QED) is 0.148. The topological polar surface area (TPSA) is 39.2 Å². The van der Waals surface area contributed by atoms with Crippen LogP contribution in [-0.4, -0.2) is 11.0 Å². The van der Waals surface area contributed by atoms with Gasteiger partial charge in [-0.15, -0.1) is 0 Å². The molecular formula is C25H41NO2. The number of carbonyl (C=O) groups is 1. The van der Waals surface area contributed by atoms with Crippen molar-refractivity contribution in [3.8, 4) is 0 Å². The van der Waals surface area contributed by atoms with Crippen molar-refractivity contribution < 1.29 is 9.53 Å². The summed E-state index contributed by atoms with van der Waals surface area (Å²) < 4.78 is 5.27. The molecule has 0 radical (unpaired) electrons. The van der Waals surface area contributed by atoms with Gasteiger partial charge in [0.2, 0.25) is 0 Å². The zero-order valence-corrected chi connectivity index (χ0v) is 18.0. The lowest BCUT2D eigenvalue weighted by Crippen LogP contribution is -2.04. The van der Waals surface area contributed by atoms with Crippen LogP contribution in [0, 0.1) is 0 Å². The van der Waals surface area contributed by atoms with Gasteiger partial charge in [-0.2, -0.15) is 0 Å². The van der Waals surface area contributed by atoms with E-state index in [0.29, 0.717) is 13.0 Å². The highest BCUT2D eigenvalue weighted by molar-refractivity contribution is 5.69. The standard InChI is InChI=1S/C25H41NO2/c1-2-3-4-5-6-7-8-9-10-11-12-13-14-15-16-17-20-25(27)28-23-24-19-18-21-26-22-24/h9-10,18-19,21-22H,2-8,11-17,20,23H2,1H3/b10-9-. The highest BCUT2D eigenvalue weighted by Gasteiger charge is 2.03. The fourth-order valence-corrected chi connectivity index (χ4v) is 3.24. The molecule has 1 heterocycles. The van der Waals surface area contributed by atoms with E-state index >= 15 is 0 Å². The Labute approximate surface area is 173 Å². The van der Waals surface area contributed by atoms with E-state index in [1.54, 1.807) is 12.4 Å². The first kappa shape index (κ1) is 24.4. The summed E-state index contributed by atoms with van der Waals surface area (Å²) in [5, 5.41) is 0. The molecule has 0 unspecified atom stereocenters. The first-order valence-corrected chi connectivity index (χ1v) is 11.5. The number of pyridine rings is 1. The van der Waals surface area contributed by atoms with Crippen LogP contribution < -0.4 is 0 Å². The summed E-state index contributed by atoms with van der Waals surface area (Å²) in [4.78, 5) is 15.7. The maximum absolute atomic E-state index is 11.7. The van der Waals surface area contributed by atoms with Crippen LogP contribution in [0.2, 0.25) is 0 Å². The predicted molar refractivity (Wildman–Crippen MR) is 118 cm³/mol. The van der Waals surface area contributed by atoms with Gasteiger partial charge in [-0.1, -0.05) is 82.9 Å². The highest BCUT2D eigenvalue weighted by atomic mass is 16.5. The molecular weight excluding hydrogens is 346 g/mol. The second-order valence-corrected chi connectivity index (χ2v) is 7.71. The minimum absolute atomic E-state index is 0.0978. The summed E-state index contributed by atoms with van der Waals surface area (Å²) in [6.07, 6.45) is 26.6. The molecule has 1 rings (SSSR count). The van der Waals surface area contributed by atoms with Crippen LogP contribution in [0.15, 0.2) is 36.7 Å². The van der Waals surface area contributed by atoms with Gasteiger partial charge < -0.3 is 4.74 Å². The highest BCUT2D eigenvalue weighted by Crippen LogP contribution is 2.11. The van der Waals surface area contributed by atoms with Crippen molar-refractivity contribution >= 4 is 5.97 Å². The van der Waals surface area contributed by atoms with Gasteiger partial charge in [0.15, 0.2) is 0 Å². The Morgan fingerprint density at radius 1 is 0.893 bits per heavy atom. The maximum atomic E-state index is 11.7. The largest absolute Gasteiger partial charge is 0.461 e. The van der Waals surface area contributed by atoms with Crippen molar-refractivity contribution in [2.45, 2.75) is 110 Å². The van der Waals surface area contributed by atoms with E-state index < -0.39 is 0 Å². The molecule has 0 aliphatic rings. The monoisotopic (exact) mass is 387 g/mol. The van der Waals surface area contributed by atoms with E-state index in [1.165, 1.54) is 77.0 Å². The van der Waals surface area contributed by atoms with E-state index in [-0.39, 0.29) is 5.97 Å². The summed E-state index contributed by atoms with van der Waals surface area (Å²) in [6, 6.07) is 3.78. The summed E-state index contributed by atoms with van der Waals surface area (Å²) >= 11 is 0. The van der Waals surface area contributed by atoms with Gasteiger partial charge >= 0.3 is 5.97 Å². The van der Waals surface area contributed by atoms with Gasteiger partial charge in [-0.05, 0) is 38.2 Å². The number of ether oxygens (including phenoxy) is 1. The molecule has 0 aromatic carbocycles. The second-order valence-electron chi connectivity index (χ2n) is 7.71. The van der Waals surface area contributed by atoms with Gasteiger partial charge in [0, 0.05) is 24.4 Å². The molecule has 1 aromatic heterocycles. The van der Waals surface area contributed by atoms with Crippen molar-refractivity contribution in [1.29, 1.82) is 0 Å². The summed E-state index contributed by atoms with van der Waals surface area (Å²) in [6.45, 7) is 2.60. The number of esters is 1. The smallest absolute Gasteiger partial charge is 0.306 e. The van der Waals surface area contributed by atoms with Crippen LogP contribution in [0.25, 0.3) is 0 Å². The summed E-state index contributed by atoms with van der Waals surface area (Å²) in [5.41, 5.74) is 0.942. The number of hydrogen-bond acceptors (Lipinski definition) is 3. The molecule has 0 saturated carbocycles. The Morgan fingerprint density at radius 3 is 2.11 bits per heavy atom. The lowest BCUT2D eigenvalue weighted by atomic mass is 10.1. The van der Waals surface area contributed by atoms with Crippen LogP contribution in [-0.2, 0) is 16.1 Å². The van der Waals surface area contributed by atoms with Crippen LogP contribution in [0.5, 0.6) is 0 Å². The van der Waals surface area contributed by atoms with Crippen LogP contribution in [0.4, 0.5) is 0 Å². The molecule has 0 amide bonds. The van der Waals surface area contributed by atoms with E-state index in [0.717, 1.165) is 18.4 Å². The number of rotatable bonds is 18. The third-order valence-corrected chi connectivity index (χ3v) is 5.02. The second kappa shape index (κ2) is 18.7. The van der Waals surface area contributed by atoms with Gasteiger partial charge in [0.1, 0.15) is 6.61 Å². The third kappa shape index (κ3) is 15.4. The van der Waals surface area contributed by atoms with E-state index in [1.807, 2.05) is 12.1 Å². The average Bonchev–Trinajstić information content (AvgIpc) is 2.72. The lowest BCUT2D eigenvalue weighted by Gasteiger charge is -2.04. The van der Waals surface area contributed by atoms with Crippen LogP contribution in [0.1, 0.15) is 109 Å². The molecule has 0 aliphatic carbocycles. The minimum Gasteiger partial charge on any atom is -0.461 e. The average molecular weight is 388 g/mol. The molecule has 1 aromatic rings. The number of hydrogen-bond donors (Lipinski definition) is 0. The maximum Gasteiger partial charge on any atom is 0.306 e. The first-order chi connectivity index (χ1) is 13.8. The molecule has 3 nitrogen and oxygen atoms in total. The Kier molecular flexibility index (Phi) is 16.3. The number of aromatic nitrogens is 1. The Bertz CT molecular complexity index is 499. The molecule has 28 heavy (non-hydrogen) atoms. The van der Waals surface area contributed by atoms with Crippen molar-refractivity contribution in [2.24, 2.45) is 0 Å². The van der Waals surface area contributed by atoms with Crippen molar-refractivity contribution in [1.82, 2.24) is 4.98 Å². The molecule has 3 heteroatoms. The number of nitrogens with zero attached hydrogens (tertiary/aromatic N) is 1. The zero-order valence-electron chi connectivity index (χ0n) is 18.0. The Hall–Kier alpha value is -1.64. The minimum atomic E-state index is -0.0978. The molecule has 0 aliphatic heterocycles. The molecule has 0 saturated heterocycles. The molecule has 0 fully saturated rings. The van der Waals surface area contributed by atoms with Crippen molar-refractivity contribution in [3.63, 3.8) is 0 Å². The molecule has 0 atom stereocenters. The summed E-state index contributed by atoms with van der Waals surface area (Å²) in [7, 11) is 0. The lowest BCUT2D eigenvalue weighted by molar-refractivity contribution is -0.145. The fraction of sp³-hybridized carbons (Fsp3) is 0.680. The van der Waals surface area contributed by atoms with E-state index in [4.69, 9.17) is 4.74 Å². The van der Waals surface area contributed by atoms with E-state index in [2.05, 4.69) is 24.1 Å². The third-order valence-electron chi connectivity index (χ3n) is 5.02. The Balaban J connectivity index is 1.80.